The molecule has 1 aromatic carbocycles. The first-order valence-corrected chi connectivity index (χ1v) is 6.58. The third-order valence-corrected chi connectivity index (χ3v) is 3.70. The molecule has 0 aliphatic heterocycles. The van der Waals surface area contributed by atoms with Crippen molar-refractivity contribution in [3.8, 4) is 10.4 Å². The number of carbonyl (C=O) groups is 1. The fourth-order valence-electron chi connectivity index (χ4n) is 1.59. The first kappa shape index (κ1) is 12.8. The van der Waals surface area contributed by atoms with E-state index in [1.54, 1.807) is 0 Å². The summed E-state index contributed by atoms with van der Waals surface area (Å²) in [5.74, 6) is -0.132. The number of benzene rings is 1. The third-order valence-electron chi connectivity index (χ3n) is 2.56. The van der Waals surface area contributed by atoms with E-state index in [0.29, 0.717) is 4.88 Å². The molecule has 18 heavy (non-hydrogen) atoms. The molecule has 2 N–H and O–H groups in total. The lowest BCUT2D eigenvalue weighted by molar-refractivity contribution is 0.0949. The molecule has 2 rings (SSSR count). The van der Waals surface area contributed by atoms with Gasteiger partial charge in [-0.2, -0.15) is 0 Å². The molecule has 94 valence electrons. The fraction of sp³-hybridized carbons (Fsp3) is 0.214. The molecular formula is C14H15NO2S. The Hall–Kier alpha value is -1.65. The Balaban J connectivity index is 2.15. The first-order chi connectivity index (χ1) is 8.70. The van der Waals surface area contributed by atoms with E-state index in [-0.39, 0.29) is 19.1 Å². The molecule has 1 aromatic heterocycles. The Bertz CT molecular complexity index is 531. The minimum absolute atomic E-state index is 0.0397. The number of aliphatic hydroxyl groups excluding tert-OH is 1. The second kappa shape index (κ2) is 5.80. The lowest BCUT2D eigenvalue weighted by atomic mass is 10.1. The van der Waals surface area contributed by atoms with Crippen LogP contribution in [-0.2, 0) is 0 Å². The smallest absolute Gasteiger partial charge is 0.261 e. The second-order valence-corrected chi connectivity index (χ2v) is 5.09. The summed E-state index contributed by atoms with van der Waals surface area (Å²) in [6.07, 6.45) is 0. The first-order valence-electron chi connectivity index (χ1n) is 5.76. The van der Waals surface area contributed by atoms with E-state index in [4.69, 9.17) is 5.11 Å². The normalized spacial score (nSPS) is 10.3. The van der Waals surface area contributed by atoms with Gasteiger partial charge in [0.05, 0.1) is 11.5 Å². The van der Waals surface area contributed by atoms with Gasteiger partial charge in [0.2, 0.25) is 0 Å². The highest BCUT2D eigenvalue weighted by molar-refractivity contribution is 7.17. The van der Waals surface area contributed by atoms with Crippen molar-refractivity contribution in [2.24, 2.45) is 0 Å². The van der Waals surface area contributed by atoms with Crippen molar-refractivity contribution >= 4 is 17.2 Å². The number of rotatable bonds is 4. The number of hydrogen-bond donors (Lipinski definition) is 2. The van der Waals surface area contributed by atoms with Crippen molar-refractivity contribution < 1.29 is 9.90 Å². The van der Waals surface area contributed by atoms with E-state index in [9.17, 15) is 4.79 Å². The number of amides is 1. The summed E-state index contributed by atoms with van der Waals surface area (Å²) in [6.45, 7) is 2.30. The molecule has 0 fully saturated rings. The summed E-state index contributed by atoms with van der Waals surface area (Å²) in [7, 11) is 0. The molecule has 1 amide bonds. The third kappa shape index (κ3) is 2.97. The highest BCUT2D eigenvalue weighted by atomic mass is 32.1. The van der Waals surface area contributed by atoms with Crippen LogP contribution < -0.4 is 5.32 Å². The maximum absolute atomic E-state index is 11.7. The maximum Gasteiger partial charge on any atom is 0.261 e. The Kier molecular flexibility index (Phi) is 4.12. The van der Waals surface area contributed by atoms with Crippen LogP contribution in [0.5, 0.6) is 0 Å². The zero-order valence-corrected chi connectivity index (χ0v) is 11.0. The number of aryl methyl sites for hydroxylation is 1. The number of nitrogens with one attached hydrogen (secondary N) is 1. The van der Waals surface area contributed by atoms with Gasteiger partial charge in [0, 0.05) is 11.4 Å². The van der Waals surface area contributed by atoms with Crippen molar-refractivity contribution in [3.05, 3.63) is 46.8 Å². The van der Waals surface area contributed by atoms with Gasteiger partial charge in [0.25, 0.3) is 5.91 Å². The summed E-state index contributed by atoms with van der Waals surface area (Å²) in [5.41, 5.74) is 2.34. The van der Waals surface area contributed by atoms with Gasteiger partial charge in [-0.3, -0.25) is 4.79 Å². The van der Waals surface area contributed by atoms with Gasteiger partial charge < -0.3 is 10.4 Å². The SMILES string of the molecule is Cc1ccc(-c2ccc(C(=O)NCCO)s2)cc1. The van der Waals surface area contributed by atoms with Crippen LogP contribution in [0.2, 0.25) is 0 Å². The maximum atomic E-state index is 11.7. The molecule has 0 unspecified atom stereocenters. The molecule has 3 nitrogen and oxygen atoms in total. The Morgan fingerprint density at radius 2 is 1.94 bits per heavy atom. The van der Waals surface area contributed by atoms with Crippen molar-refractivity contribution in [1.29, 1.82) is 0 Å². The molecule has 0 saturated heterocycles. The van der Waals surface area contributed by atoms with Gasteiger partial charge in [-0.15, -0.1) is 11.3 Å². The molecule has 4 heteroatoms. The monoisotopic (exact) mass is 261 g/mol. The predicted molar refractivity (Wildman–Crippen MR) is 73.9 cm³/mol. The topological polar surface area (TPSA) is 49.3 Å². The van der Waals surface area contributed by atoms with E-state index >= 15 is 0 Å². The highest BCUT2D eigenvalue weighted by Gasteiger charge is 2.09. The molecule has 1 heterocycles. The molecular weight excluding hydrogens is 246 g/mol. The van der Waals surface area contributed by atoms with Crippen LogP contribution in [0.25, 0.3) is 10.4 Å². The molecule has 2 aromatic rings. The summed E-state index contributed by atoms with van der Waals surface area (Å²) in [6, 6.07) is 12.0. The largest absolute Gasteiger partial charge is 0.395 e. The van der Waals surface area contributed by atoms with Crippen LogP contribution in [0.1, 0.15) is 15.2 Å². The zero-order valence-electron chi connectivity index (χ0n) is 10.1. The van der Waals surface area contributed by atoms with Gasteiger partial charge in [-0.1, -0.05) is 29.8 Å². The van der Waals surface area contributed by atoms with Gasteiger partial charge in [0.15, 0.2) is 0 Å². The lowest BCUT2D eigenvalue weighted by Gasteiger charge is -2.00. The summed E-state index contributed by atoms with van der Waals surface area (Å²) < 4.78 is 0. The number of hydrogen-bond acceptors (Lipinski definition) is 3. The van der Waals surface area contributed by atoms with Crippen LogP contribution >= 0.6 is 11.3 Å². The van der Waals surface area contributed by atoms with E-state index in [1.165, 1.54) is 16.9 Å². The molecule has 0 spiro atoms. The minimum atomic E-state index is -0.132. The van der Waals surface area contributed by atoms with E-state index in [2.05, 4.69) is 29.6 Å². The van der Waals surface area contributed by atoms with Crippen LogP contribution in [-0.4, -0.2) is 24.2 Å². The van der Waals surface area contributed by atoms with Crippen LogP contribution in [0.4, 0.5) is 0 Å². The molecule has 0 saturated carbocycles. The standard InChI is InChI=1S/C14H15NO2S/c1-10-2-4-11(5-3-10)12-6-7-13(18-12)14(17)15-8-9-16/h2-7,16H,8-9H2,1H3,(H,15,17). The van der Waals surface area contributed by atoms with E-state index < -0.39 is 0 Å². The number of carbonyl (C=O) groups excluding carboxylic acids is 1. The van der Waals surface area contributed by atoms with Gasteiger partial charge in [-0.25, -0.2) is 0 Å². The average molecular weight is 261 g/mol. The Morgan fingerprint density at radius 3 is 2.61 bits per heavy atom. The molecule has 0 bridgehead atoms. The minimum Gasteiger partial charge on any atom is -0.395 e. The quantitative estimate of drug-likeness (QED) is 0.888. The van der Waals surface area contributed by atoms with Gasteiger partial charge in [-0.05, 0) is 24.6 Å². The second-order valence-electron chi connectivity index (χ2n) is 4.01. The summed E-state index contributed by atoms with van der Waals surface area (Å²) >= 11 is 1.46. The van der Waals surface area contributed by atoms with E-state index in [1.807, 2.05) is 19.1 Å². The average Bonchev–Trinajstić information content (AvgIpc) is 2.86. The van der Waals surface area contributed by atoms with Crippen LogP contribution in [0.15, 0.2) is 36.4 Å². The summed E-state index contributed by atoms with van der Waals surface area (Å²) in [4.78, 5) is 13.4. The molecule has 0 atom stereocenters. The Morgan fingerprint density at radius 1 is 1.22 bits per heavy atom. The highest BCUT2D eigenvalue weighted by Crippen LogP contribution is 2.28. The van der Waals surface area contributed by atoms with Crippen LogP contribution in [0.3, 0.4) is 0 Å². The van der Waals surface area contributed by atoms with Crippen molar-refractivity contribution in [2.75, 3.05) is 13.2 Å². The van der Waals surface area contributed by atoms with Crippen molar-refractivity contribution in [3.63, 3.8) is 0 Å². The molecule has 0 aliphatic rings. The van der Waals surface area contributed by atoms with Gasteiger partial charge in [0.1, 0.15) is 0 Å². The van der Waals surface area contributed by atoms with Crippen LogP contribution in [0, 0.1) is 6.92 Å². The van der Waals surface area contributed by atoms with Gasteiger partial charge >= 0.3 is 0 Å². The molecule has 0 radical (unpaired) electrons. The van der Waals surface area contributed by atoms with E-state index in [0.717, 1.165) is 10.4 Å². The van der Waals surface area contributed by atoms with Crippen molar-refractivity contribution in [1.82, 2.24) is 5.32 Å². The fourth-order valence-corrected chi connectivity index (χ4v) is 2.52. The predicted octanol–water partition coefficient (Wildman–Crippen LogP) is 2.45. The number of thiophene rings is 1. The number of aliphatic hydroxyl groups is 1. The summed E-state index contributed by atoms with van der Waals surface area (Å²) in [5, 5.41) is 11.3. The van der Waals surface area contributed by atoms with Crippen molar-refractivity contribution in [2.45, 2.75) is 6.92 Å². The lowest BCUT2D eigenvalue weighted by Crippen LogP contribution is -2.25. The Labute approximate surface area is 110 Å². The molecule has 0 aliphatic carbocycles. The zero-order chi connectivity index (χ0) is 13.0.